The Balaban J connectivity index is 1.59. The lowest BCUT2D eigenvalue weighted by molar-refractivity contribution is 0.0972. The molecule has 0 N–H and O–H groups in total. The number of amides is 1. The molecule has 0 fully saturated rings. The molecule has 1 amide bonds. The van der Waals surface area contributed by atoms with Crippen LogP contribution in [0.5, 0.6) is 0 Å². The van der Waals surface area contributed by atoms with Crippen molar-refractivity contribution in [3.63, 3.8) is 0 Å². The highest BCUT2D eigenvalue weighted by Crippen LogP contribution is 2.49. The first-order chi connectivity index (χ1) is 14.5. The van der Waals surface area contributed by atoms with E-state index in [9.17, 15) is 4.79 Å². The van der Waals surface area contributed by atoms with Crippen LogP contribution in [0.25, 0.3) is 11.3 Å². The van der Waals surface area contributed by atoms with E-state index >= 15 is 0 Å². The summed E-state index contributed by atoms with van der Waals surface area (Å²) in [5.41, 5.74) is 3.60. The zero-order valence-electron chi connectivity index (χ0n) is 15.9. The zero-order valence-corrected chi connectivity index (χ0v) is 19.0. The van der Waals surface area contributed by atoms with Crippen molar-refractivity contribution in [2.75, 3.05) is 4.90 Å². The molecule has 0 bridgehead atoms. The average Bonchev–Trinajstić information content (AvgIpc) is 3.21. The van der Waals surface area contributed by atoms with Crippen molar-refractivity contribution >= 4 is 56.6 Å². The number of aryl methyl sites for hydroxylation is 1. The Labute approximate surface area is 191 Å². The van der Waals surface area contributed by atoms with Crippen LogP contribution in [0.1, 0.15) is 16.1 Å². The second kappa shape index (κ2) is 7.65. The van der Waals surface area contributed by atoms with Crippen LogP contribution in [0.2, 0.25) is 5.02 Å². The van der Waals surface area contributed by atoms with Crippen molar-refractivity contribution in [2.45, 2.75) is 16.7 Å². The lowest BCUT2D eigenvalue weighted by atomic mass is 10.1. The van der Waals surface area contributed by atoms with E-state index in [0.717, 1.165) is 36.8 Å². The number of fused-ring (bicyclic) bond motifs is 2. The van der Waals surface area contributed by atoms with Crippen LogP contribution in [0.4, 0.5) is 11.4 Å². The van der Waals surface area contributed by atoms with Crippen LogP contribution in [0.15, 0.2) is 91.5 Å². The molecule has 5 rings (SSSR count). The number of rotatable bonds is 2. The van der Waals surface area contributed by atoms with Gasteiger partial charge in [0, 0.05) is 24.8 Å². The molecule has 1 aromatic heterocycles. The van der Waals surface area contributed by atoms with E-state index in [-0.39, 0.29) is 11.7 Å². The molecular weight excluding hydrogens is 482 g/mol. The Morgan fingerprint density at radius 1 is 0.967 bits per heavy atom. The van der Waals surface area contributed by atoms with Gasteiger partial charge in [0.1, 0.15) is 5.76 Å². The highest BCUT2D eigenvalue weighted by atomic mass is 79.9. The number of benzene rings is 3. The van der Waals surface area contributed by atoms with E-state index in [0.29, 0.717) is 10.8 Å². The van der Waals surface area contributed by atoms with E-state index in [2.05, 4.69) is 15.9 Å². The smallest absolute Gasteiger partial charge is 0.298 e. The highest BCUT2D eigenvalue weighted by Gasteiger charge is 2.31. The minimum atomic E-state index is -0.229. The maximum Gasteiger partial charge on any atom is 0.298 e. The van der Waals surface area contributed by atoms with Crippen molar-refractivity contribution in [3.05, 3.63) is 93.6 Å². The van der Waals surface area contributed by atoms with Gasteiger partial charge in [0.2, 0.25) is 0 Å². The van der Waals surface area contributed by atoms with Crippen molar-refractivity contribution in [1.29, 1.82) is 0 Å². The third kappa shape index (κ3) is 3.37. The Morgan fingerprint density at radius 2 is 1.77 bits per heavy atom. The largest absolute Gasteiger partial charge is 0.451 e. The number of hydrogen-bond acceptors (Lipinski definition) is 3. The normalized spacial score (nSPS) is 12.4. The van der Waals surface area contributed by atoms with Crippen molar-refractivity contribution in [2.24, 2.45) is 0 Å². The zero-order chi connectivity index (χ0) is 20.8. The van der Waals surface area contributed by atoms with Gasteiger partial charge in [-0.2, -0.15) is 0 Å². The van der Waals surface area contributed by atoms with Crippen LogP contribution in [-0.2, 0) is 0 Å². The molecule has 0 atom stereocenters. The summed E-state index contributed by atoms with van der Waals surface area (Å²) in [7, 11) is 0. The minimum Gasteiger partial charge on any atom is -0.451 e. The van der Waals surface area contributed by atoms with Crippen molar-refractivity contribution in [1.82, 2.24) is 0 Å². The quantitative estimate of drug-likeness (QED) is 0.281. The predicted molar refractivity (Wildman–Crippen MR) is 125 cm³/mol. The van der Waals surface area contributed by atoms with Crippen LogP contribution < -0.4 is 4.90 Å². The topological polar surface area (TPSA) is 33.5 Å². The number of nitrogens with zero attached hydrogens (tertiary/aromatic N) is 1. The fraction of sp³-hybridized carbons (Fsp3) is 0.0417. The van der Waals surface area contributed by atoms with Crippen LogP contribution in [-0.4, -0.2) is 5.91 Å². The molecule has 1 aliphatic heterocycles. The maximum absolute atomic E-state index is 13.6. The number of carbonyl (C=O) groups excluding carboxylic acids is 1. The molecule has 0 saturated carbocycles. The third-order valence-corrected chi connectivity index (χ3v) is 6.82. The second-order valence-corrected chi connectivity index (χ2v) is 9.38. The highest BCUT2D eigenvalue weighted by molar-refractivity contribution is 9.10. The summed E-state index contributed by atoms with van der Waals surface area (Å²) >= 11 is 11.4. The summed E-state index contributed by atoms with van der Waals surface area (Å²) in [6.45, 7) is 2.01. The minimum absolute atomic E-state index is 0.229. The molecule has 6 heteroatoms. The van der Waals surface area contributed by atoms with E-state index < -0.39 is 0 Å². The Bertz CT molecular complexity index is 1300. The van der Waals surface area contributed by atoms with Crippen LogP contribution >= 0.6 is 39.3 Å². The van der Waals surface area contributed by atoms with E-state index in [1.54, 1.807) is 22.7 Å². The SMILES string of the molecule is Cc1cc(Br)ccc1-c1ccc(C(=O)N2c3ccccc3Sc3ccc(Cl)cc32)o1. The van der Waals surface area contributed by atoms with Gasteiger partial charge >= 0.3 is 0 Å². The first kappa shape index (κ1) is 19.5. The number of carbonyl (C=O) groups is 1. The molecule has 0 aliphatic carbocycles. The molecule has 0 spiro atoms. The molecule has 30 heavy (non-hydrogen) atoms. The van der Waals surface area contributed by atoms with E-state index in [1.165, 1.54) is 0 Å². The number of hydrogen-bond donors (Lipinski definition) is 0. The lowest BCUT2D eigenvalue weighted by Gasteiger charge is -2.30. The fourth-order valence-electron chi connectivity index (χ4n) is 3.56. The molecular formula is C24H15BrClNO2S. The summed E-state index contributed by atoms with van der Waals surface area (Å²) in [6.07, 6.45) is 0. The van der Waals surface area contributed by atoms with Gasteiger partial charge in [-0.05, 0) is 73.2 Å². The molecule has 0 radical (unpaired) electrons. The van der Waals surface area contributed by atoms with Gasteiger partial charge in [-0.25, -0.2) is 0 Å². The van der Waals surface area contributed by atoms with Gasteiger partial charge in [-0.1, -0.05) is 51.4 Å². The number of halogens is 2. The number of anilines is 2. The van der Waals surface area contributed by atoms with E-state index in [4.69, 9.17) is 16.0 Å². The van der Waals surface area contributed by atoms with Gasteiger partial charge < -0.3 is 4.42 Å². The summed E-state index contributed by atoms with van der Waals surface area (Å²) in [4.78, 5) is 17.3. The third-order valence-electron chi connectivity index (χ3n) is 4.96. The molecule has 148 valence electrons. The monoisotopic (exact) mass is 495 g/mol. The van der Waals surface area contributed by atoms with Crippen molar-refractivity contribution in [3.8, 4) is 11.3 Å². The summed E-state index contributed by atoms with van der Waals surface area (Å²) in [6, 6.07) is 23.0. The standard InChI is InChI=1S/C24H15BrClNO2S/c1-14-12-15(25)6-8-17(14)20-9-10-21(29-20)24(28)27-18-4-2-3-5-22(18)30-23-11-7-16(26)13-19(23)27/h2-13H,1H3. The van der Waals surface area contributed by atoms with E-state index in [1.807, 2.05) is 73.7 Å². The summed E-state index contributed by atoms with van der Waals surface area (Å²) < 4.78 is 7.02. The molecule has 0 saturated heterocycles. The molecule has 3 aromatic carbocycles. The molecule has 1 aliphatic rings. The van der Waals surface area contributed by atoms with Gasteiger partial charge in [-0.15, -0.1) is 0 Å². The molecule has 0 unspecified atom stereocenters. The summed E-state index contributed by atoms with van der Waals surface area (Å²) in [5.74, 6) is 0.710. The van der Waals surface area contributed by atoms with Crippen LogP contribution in [0.3, 0.4) is 0 Å². The average molecular weight is 497 g/mol. The van der Waals surface area contributed by atoms with Gasteiger partial charge in [0.15, 0.2) is 5.76 Å². The maximum atomic E-state index is 13.6. The Morgan fingerprint density at radius 3 is 2.60 bits per heavy atom. The van der Waals surface area contributed by atoms with Gasteiger partial charge in [0.05, 0.1) is 11.4 Å². The van der Waals surface area contributed by atoms with Crippen molar-refractivity contribution < 1.29 is 9.21 Å². The fourth-order valence-corrected chi connectivity index (χ4v) is 5.24. The first-order valence-electron chi connectivity index (χ1n) is 9.28. The lowest BCUT2D eigenvalue weighted by Crippen LogP contribution is -2.28. The first-order valence-corrected chi connectivity index (χ1v) is 11.3. The number of para-hydroxylation sites is 1. The molecule has 3 nitrogen and oxygen atoms in total. The number of furan rings is 1. The molecule has 4 aromatic rings. The Hall–Kier alpha value is -2.47. The second-order valence-electron chi connectivity index (χ2n) is 6.95. The predicted octanol–water partition coefficient (Wildman–Crippen LogP) is 8.11. The summed E-state index contributed by atoms with van der Waals surface area (Å²) in [5, 5.41) is 0.581. The van der Waals surface area contributed by atoms with Gasteiger partial charge in [0.25, 0.3) is 5.91 Å². The van der Waals surface area contributed by atoms with Crippen LogP contribution in [0, 0.1) is 6.92 Å². The molecule has 2 heterocycles. The van der Waals surface area contributed by atoms with Gasteiger partial charge in [-0.3, -0.25) is 9.69 Å². The Kier molecular flexibility index (Phi) is 4.97.